The molecule has 0 aromatic heterocycles. The Morgan fingerprint density at radius 2 is 1.81 bits per heavy atom. The standard InChI is InChI=1S/C28H42N4O4S/c1-6-16-29-24(34)21-22-26(36)32(19(7-2)17-33)23(28(22)15-14-27(21,5)37-28)25(35)30-18-10-12-20(13-11-18)31(8-3)9-4/h10-13,19,21-23,33H,6-9,14-17H2,1-5H3,(H,29,34)(H,30,35)/t19-,21+,22-,23?,27-,28?/m0/s1. The highest BCUT2D eigenvalue weighted by Crippen LogP contribution is 2.71. The Bertz CT molecular complexity index is 1010. The van der Waals surface area contributed by atoms with Crippen molar-refractivity contribution in [2.75, 3.05) is 36.5 Å². The van der Waals surface area contributed by atoms with Gasteiger partial charge in [0.2, 0.25) is 17.7 Å². The molecule has 1 spiro atoms. The van der Waals surface area contributed by atoms with Crippen LogP contribution in [0.15, 0.2) is 24.3 Å². The number of benzene rings is 1. The highest BCUT2D eigenvalue weighted by Gasteiger charge is 2.77. The zero-order chi connectivity index (χ0) is 27.0. The van der Waals surface area contributed by atoms with Gasteiger partial charge in [-0.15, -0.1) is 11.8 Å². The van der Waals surface area contributed by atoms with Crippen molar-refractivity contribution in [3.63, 3.8) is 0 Å². The van der Waals surface area contributed by atoms with E-state index >= 15 is 0 Å². The van der Waals surface area contributed by atoms with Crippen molar-refractivity contribution in [1.29, 1.82) is 0 Å². The number of rotatable bonds is 11. The van der Waals surface area contributed by atoms with Crippen LogP contribution in [0.3, 0.4) is 0 Å². The fourth-order valence-electron chi connectivity index (χ4n) is 6.78. The predicted molar refractivity (Wildman–Crippen MR) is 149 cm³/mol. The van der Waals surface area contributed by atoms with Gasteiger partial charge in [-0.25, -0.2) is 0 Å². The SMILES string of the molecule is CCCNC(=O)[C@H]1[C@H]2C(=O)N([C@@H](CC)CO)C(C(=O)Nc3ccc(N(CC)CC)cc3)C23CC[C@]1(C)S3. The summed E-state index contributed by atoms with van der Waals surface area (Å²) in [6.45, 7) is 12.3. The molecule has 4 rings (SSSR count). The number of nitrogens with zero attached hydrogens (tertiary/aromatic N) is 2. The zero-order valence-corrected chi connectivity index (χ0v) is 23.6. The summed E-state index contributed by atoms with van der Waals surface area (Å²) in [5.41, 5.74) is 1.76. The van der Waals surface area contributed by atoms with Gasteiger partial charge in [-0.1, -0.05) is 13.8 Å². The highest BCUT2D eigenvalue weighted by atomic mass is 32.2. The number of nitrogens with one attached hydrogen (secondary N) is 2. The third-order valence-corrected chi connectivity index (χ3v) is 10.6. The van der Waals surface area contributed by atoms with Crippen molar-refractivity contribution in [3.8, 4) is 0 Å². The fraction of sp³-hybridized carbons (Fsp3) is 0.679. The molecule has 0 radical (unpaired) electrons. The minimum absolute atomic E-state index is 0.0955. The minimum atomic E-state index is -0.750. The number of fused-ring (bicyclic) bond motifs is 1. The molecule has 37 heavy (non-hydrogen) atoms. The molecule has 3 saturated heterocycles. The van der Waals surface area contributed by atoms with E-state index in [-0.39, 0.29) is 24.3 Å². The number of amides is 3. The summed E-state index contributed by atoms with van der Waals surface area (Å²) < 4.78 is -1.08. The average Bonchev–Trinajstić information content (AvgIpc) is 3.46. The van der Waals surface area contributed by atoms with Gasteiger partial charge < -0.3 is 25.5 Å². The van der Waals surface area contributed by atoms with Crippen LogP contribution >= 0.6 is 11.8 Å². The highest BCUT2D eigenvalue weighted by molar-refractivity contribution is 8.02. The molecule has 8 nitrogen and oxygen atoms in total. The number of anilines is 2. The molecule has 3 aliphatic heterocycles. The van der Waals surface area contributed by atoms with Crippen LogP contribution in [-0.4, -0.2) is 75.5 Å². The van der Waals surface area contributed by atoms with E-state index < -0.39 is 33.4 Å². The van der Waals surface area contributed by atoms with E-state index in [0.29, 0.717) is 25.1 Å². The number of hydrogen-bond acceptors (Lipinski definition) is 6. The molecule has 2 bridgehead atoms. The average molecular weight is 531 g/mol. The van der Waals surface area contributed by atoms with Crippen LogP contribution in [0.2, 0.25) is 0 Å². The second kappa shape index (κ2) is 10.8. The topological polar surface area (TPSA) is 102 Å². The first-order valence-corrected chi connectivity index (χ1v) is 14.6. The van der Waals surface area contributed by atoms with Gasteiger partial charge in [-0.2, -0.15) is 0 Å². The molecule has 2 unspecified atom stereocenters. The van der Waals surface area contributed by atoms with Gasteiger partial charge in [0.05, 0.1) is 29.2 Å². The monoisotopic (exact) mass is 530 g/mol. The molecule has 0 aliphatic carbocycles. The van der Waals surface area contributed by atoms with E-state index in [4.69, 9.17) is 0 Å². The summed E-state index contributed by atoms with van der Waals surface area (Å²) in [4.78, 5) is 45.3. The third kappa shape index (κ3) is 4.52. The molecule has 1 aromatic carbocycles. The molecular weight excluding hydrogens is 488 g/mol. The molecule has 3 fully saturated rings. The molecule has 204 valence electrons. The van der Waals surface area contributed by atoms with E-state index in [9.17, 15) is 19.5 Å². The largest absolute Gasteiger partial charge is 0.394 e. The Morgan fingerprint density at radius 1 is 1.14 bits per heavy atom. The number of aliphatic hydroxyl groups excluding tert-OH is 1. The molecule has 9 heteroatoms. The summed E-state index contributed by atoms with van der Waals surface area (Å²) in [5.74, 6) is -1.58. The zero-order valence-electron chi connectivity index (χ0n) is 22.8. The molecule has 0 saturated carbocycles. The second-order valence-electron chi connectivity index (χ2n) is 10.7. The Labute approximate surface area is 224 Å². The summed E-state index contributed by atoms with van der Waals surface area (Å²) >= 11 is 1.65. The Morgan fingerprint density at radius 3 is 2.38 bits per heavy atom. The lowest BCUT2D eigenvalue weighted by Crippen LogP contribution is -2.54. The molecule has 3 amide bonds. The van der Waals surface area contributed by atoms with Crippen LogP contribution < -0.4 is 15.5 Å². The van der Waals surface area contributed by atoms with Gasteiger partial charge in [0.25, 0.3) is 0 Å². The third-order valence-electron chi connectivity index (χ3n) is 8.63. The van der Waals surface area contributed by atoms with Gasteiger partial charge in [-0.3, -0.25) is 14.4 Å². The van der Waals surface area contributed by atoms with Gasteiger partial charge in [0.1, 0.15) is 6.04 Å². The number of likely N-dealkylation sites (tertiary alicyclic amines) is 1. The van der Waals surface area contributed by atoms with E-state index in [0.717, 1.165) is 31.6 Å². The summed E-state index contributed by atoms with van der Waals surface area (Å²) in [7, 11) is 0. The molecule has 3 N–H and O–H groups in total. The van der Waals surface area contributed by atoms with Crippen molar-refractivity contribution >= 4 is 40.9 Å². The first-order valence-electron chi connectivity index (χ1n) is 13.8. The molecule has 6 atom stereocenters. The maximum absolute atomic E-state index is 14.1. The Kier molecular flexibility index (Phi) is 8.14. The van der Waals surface area contributed by atoms with Crippen molar-refractivity contribution in [1.82, 2.24) is 10.2 Å². The van der Waals surface area contributed by atoms with Gasteiger partial charge in [-0.05, 0) is 70.7 Å². The molecular formula is C28H42N4O4S. The number of carbonyl (C=O) groups excluding carboxylic acids is 3. The lowest BCUT2D eigenvalue weighted by atomic mass is 9.66. The number of carbonyl (C=O) groups is 3. The smallest absolute Gasteiger partial charge is 0.248 e. The van der Waals surface area contributed by atoms with Crippen LogP contribution in [0.25, 0.3) is 0 Å². The van der Waals surface area contributed by atoms with Gasteiger partial charge in [0, 0.05) is 35.8 Å². The van der Waals surface area contributed by atoms with Crippen molar-refractivity contribution in [3.05, 3.63) is 24.3 Å². The Hall–Kier alpha value is -2.26. The summed E-state index contributed by atoms with van der Waals surface area (Å²) in [5, 5.41) is 16.3. The maximum Gasteiger partial charge on any atom is 0.248 e. The summed E-state index contributed by atoms with van der Waals surface area (Å²) in [6, 6.07) is 6.56. The lowest BCUT2D eigenvalue weighted by molar-refractivity contribution is -0.142. The van der Waals surface area contributed by atoms with Crippen molar-refractivity contribution < 1.29 is 19.5 Å². The number of hydrogen-bond donors (Lipinski definition) is 3. The normalized spacial score (nSPS) is 30.8. The van der Waals surface area contributed by atoms with Crippen LogP contribution in [0.5, 0.6) is 0 Å². The Balaban J connectivity index is 1.68. The summed E-state index contributed by atoms with van der Waals surface area (Å²) in [6.07, 6.45) is 2.82. The van der Waals surface area contributed by atoms with Gasteiger partial charge >= 0.3 is 0 Å². The maximum atomic E-state index is 14.1. The van der Waals surface area contributed by atoms with Crippen LogP contribution in [0, 0.1) is 11.8 Å². The van der Waals surface area contributed by atoms with Crippen LogP contribution in [-0.2, 0) is 14.4 Å². The molecule has 1 aromatic rings. The number of aliphatic hydroxyl groups is 1. The van der Waals surface area contributed by atoms with Crippen molar-refractivity contribution in [2.24, 2.45) is 11.8 Å². The first-order chi connectivity index (χ1) is 17.7. The first kappa shape index (κ1) is 27.8. The van der Waals surface area contributed by atoms with E-state index in [2.05, 4.69) is 36.3 Å². The van der Waals surface area contributed by atoms with Gasteiger partial charge in [0.15, 0.2) is 0 Å². The quantitative estimate of drug-likeness (QED) is 0.406. The minimum Gasteiger partial charge on any atom is -0.394 e. The van der Waals surface area contributed by atoms with E-state index in [1.54, 1.807) is 16.7 Å². The predicted octanol–water partition coefficient (Wildman–Crippen LogP) is 3.25. The van der Waals surface area contributed by atoms with Crippen LogP contribution in [0.1, 0.15) is 60.3 Å². The van der Waals surface area contributed by atoms with Crippen LogP contribution in [0.4, 0.5) is 11.4 Å². The molecule has 3 aliphatic rings. The molecule has 3 heterocycles. The number of thioether (sulfide) groups is 1. The van der Waals surface area contributed by atoms with Crippen molar-refractivity contribution in [2.45, 2.75) is 81.9 Å². The van der Waals surface area contributed by atoms with E-state index in [1.807, 2.05) is 38.1 Å². The lowest BCUT2D eigenvalue weighted by Gasteiger charge is -2.36. The van der Waals surface area contributed by atoms with E-state index in [1.165, 1.54) is 0 Å². The second-order valence-corrected chi connectivity index (χ2v) is 12.6. The fourth-order valence-corrected chi connectivity index (χ4v) is 9.13.